The first-order valence-electron chi connectivity index (χ1n) is 2.99. The summed E-state index contributed by atoms with van der Waals surface area (Å²) in [6, 6.07) is 0. The van der Waals surface area contributed by atoms with Crippen LogP contribution in [0.25, 0.3) is 0 Å². The van der Waals surface area contributed by atoms with E-state index in [9.17, 15) is 5.11 Å². The summed E-state index contributed by atoms with van der Waals surface area (Å²) in [6.07, 6.45) is 2.36. The quantitative estimate of drug-likeness (QED) is 0.487. The Kier molecular flexibility index (Phi) is 0.960. The molecule has 1 unspecified atom stereocenters. The Labute approximate surface area is 57.2 Å². The molecule has 1 spiro atoms. The average molecular weight is 138 g/mol. The molecule has 1 N–H and O–H groups in total. The maximum absolute atomic E-state index is 9.26. The van der Waals surface area contributed by atoms with Gasteiger partial charge in [0.1, 0.15) is 6.10 Å². The van der Waals surface area contributed by atoms with Gasteiger partial charge >= 0.3 is 0 Å². The maximum atomic E-state index is 9.26. The maximum Gasteiger partial charge on any atom is 0.291 e. The molecule has 5 heteroatoms. The van der Waals surface area contributed by atoms with Gasteiger partial charge in [-0.05, 0) is 0 Å². The summed E-state index contributed by atoms with van der Waals surface area (Å²) in [5.74, 6) is -1.00. The van der Waals surface area contributed by atoms with Gasteiger partial charge in [-0.3, -0.25) is 0 Å². The molecule has 52 valence electrons. The first kappa shape index (κ1) is 5.67. The predicted molar refractivity (Wildman–Crippen MR) is 35.4 cm³/mol. The molecule has 2 heterocycles. The molecule has 1 atom stereocenters. The highest BCUT2D eigenvalue weighted by Crippen LogP contribution is 2.27. The molecule has 0 fully saturated rings. The zero-order chi connectivity index (χ0) is 7.03. The SMILES string of the molecule is OC1CN=NC12N=CC=N2. The van der Waals surface area contributed by atoms with Gasteiger partial charge in [-0.25, -0.2) is 9.98 Å². The standard InChI is InChI=1S/C5H6N4O/c10-4-3-8-9-5(4)6-1-2-7-5/h1-2,4,10H,3H2. The number of hydrogen-bond acceptors (Lipinski definition) is 5. The summed E-state index contributed by atoms with van der Waals surface area (Å²) in [7, 11) is 0. The lowest BCUT2D eigenvalue weighted by Gasteiger charge is -2.14. The molecular formula is C5H6N4O. The molecule has 2 rings (SSSR count). The molecular weight excluding hydrogens is 132 g/mol. The van der Waals surface area contributed by atoms with Gasteiger partial charge < -0.3 is 5.11 Å². The van der Waals surface area contributed by atoms with Gasteiger partial charge in [-0.2, -0.15) is 5.11 Å². The summed E-state index contributed by atoms with van der Waals surface area (Å²) in [4.78, 5) is 7.78. The van der Waals surface area contributed by atoms with Gasteiger partial charge in [-0.1, -0.05) is 0 Å². The zero-order valence-electron chi connectivity index (χ0n) is 5.18. The van der Waals surface area contributed by atoms with E-state index >= 15 is 0 Å². The van der Waals surface area contributed by atoms with Crippen molar-refractivity contribution in [3.8, 4) is 0 Å². The van der Waals surface area contributed by atoms with Crippen LogP contribution in [0.5, 0.6) is 0 Å². The lowest BCUT2D eigenvalue weighted by atomic mass is 10.2. The number of aliphatic hydroxyl groups is 1. The summed E-state index contributed by atoms with van der Waals surface area (Å²) in [5.41, 5.74) is 0. The van der Waals surface area contributed by atoms with Crippen molar-refractivity contribution in [2.24, 2.45) is 20.2 Å². The molecule has 2 aliphatic heterocycles. The van der Waals surface area contributed by atoms with Crippen LogP contribution in [0.4, 0.5) is 0 Å². The largest absolute Gasteiger partial charge is 0.384 e. The zero-order valence-corrected chi connectivity index (χ0v) is 5.18. The summed E-state index contributed by atoms with van der Waals surface area (Å²) in [5, 5.41) is 16.6. The summed E-state index contributed by atoms with van der Waals surface area (Å²) < 4.78 is 0. The van der Waals surface area contributed by atoms with Crippen molar-refractivity contribution in [1.29, 1.82) is 0 Å². The third-order valence-corrected chi connectivity index (χ3v) is 1.52. The van der Waals surface area contributed by atoms with Crippen LogP contribution in [0.15, 0.2) is 20.2 Å². The number of nitrogens with zero attached hydrogens (tertiary/aromatic N) is 4. The summed E-state index contributed by atoms with van der Waals surface area (Å²) >= 11 is 0. The van der Waals surface area contributed by atoms with Crippen molar-refractivity contribution in [3.63, 3.8) is 0 Å². The molecule has 0 aromatic carbocycles. The Balaban J connectivity index is 2.37. The number of aliphatic hydroxyl groups excluding tert-OH is 1. The highest BCUT2D eigenvalue weighted by Gasteiger charge is 2.42. The fraction of sp³-hybridized carbons (Fsp3) is 0.600. The first-order valence-corrected chi connectivity index (χ1v) is 2.99. The van der Waals surface area contributed by atoms with Crippen LogP contribution in [0.1, 0.15) is 0 Å². The second-order valence-corrected chi connectivity index (χ2v) is 2.18. The van der Waals surface area contributed by atoms with E-state index in [4.69, 9.17) is 0 Å². The minimum Gasteiger partial charge on any atom is -0.384 e. The van der Waals surface area contributed by atoms with Gasteiger partial charge in [0.25, 0.3) is 5.79 Å². The Morgan fingerprint density at radius 2 is 2.10 bits per heavy atom. The topological polar surface area (TPSA) is 69.7 Å². The van der Waals surface area contributed by atoms with Crippen molar-refractivity contribution in [2.75, 3.05) is 6.54 Å². The number of aliphatic imine (C=N–C) groups is 2. The number of hydrogen-bond donors (Lipinski definition) is 1. The van der Waals surface area contributed by atoms with Crippen molar-refractivity contribution in [1.82, 2.24) is 0 Å². The highest BCUT2D eigenvalue weighted by atomic mass is 16.3. The normalized spacial score (nSPS) is 32.7. The third kappa shape index (κ3) is 0.550. The second-order valence-electron chi connectivity index (χ2n) is 2.18. The first-order chi connectivity index (χ1) is 4.83. The molecule has 0 aromatic heterocycles. The number of azo groups is 1. The Bertz CT molecular complexity index is 220. The fourth-order valence-electron chi connectivity index (χ4n) is 0.954. The van der Waals surface area contributed by atoms with Crippen molar-refractivity contribution < 1.29 is 5.11 Å². The molecule has 0 saturated carbocycles. The van der Waals surface area contributed by atoms with Gasteiger partial charge in [0.15, 0.2) is 0 Å². The van der Waals surface area contributed by atoms with Gasteiger partial charge in [0.2, 0.25) is 0 Å². The predicted octanol–water partition coefficient (Wildman–Crippen LogP) is -0.378. The molecule has 0 aliphatic carbocycles. The lowest BCUT2D eigenvalue weighted by molar-refractivity contribution is 0.125. The van der Waals surface area contributed by atoms with Crippen LogP contribution in [-0.2, 0) is 0 Å². The van der Waals surface area contributed by atoms with E-state index in [0.717, 1.165) is 0 Å². The van der Waals surface area contributed by atoms with Crippen molar-refractivity contribution in [2.45, 2.75) is 11.9 Å². The van der Waals surface area contributed by atoms with Crippen molar-refractivity contribution >= 4 is 12.4 Å². The highest BCUT2D eigenvalue weighted by molar-refractivity contribution is 6.17. The Morgan fingerprint density at radius 1 is 1.40 bits per heavy atom. The molecule has 5 nitrogen and oxygen atoms in total. The van der Waals surface area contributed by atoms with E-state index in [1.807, 2.05) is 0 Å². The van der Waals surface area contributed by atoms with E-state index in [1.54, 1.807) is 0 Å². The smallest absolute Gasteiger partial charge is 0.291 e. The van der Waals surface area contributed by atoms with Crippen LogP contribution in [0.3, 0.4) is 0 Å². The molecule has 0 bridgehead atoms. The third-order valence-electron chi connectivity index (χ3n) is 1.52. The van der Waals surface area contributed by atoms with E-state index in [2.05, 4.69) is 20.2 Å². The minimum absolute atomic E-state index is 0.300. The Morgan fingerprint density at radius 3 is 2.60 bits per heavy atom. The summed E-state index contributed by atoms with van der Waals surface area (Å²) in [6.45, 7) is 0.300. The van der Waals surface area contributed by atoms with Crippen LogP contribution in [0, 0.1) is 0 Å². The van der Waals surface area contributed by atoms with E-state index in [0.29, 0.717) is 6.54 Å². The van der Waals surface area contributed by atoms with Gasteiger partial charge in [0.05, 0.1) is 6.54 Å². The fourth-order valence-corrected chi connectivity index (χ4v) is 0.954. The second kappa shape index (κ2) is 1.69. The van der Waals surface area contributed by atoms with E-state index in [1.165, 1.54) is 12.4 Å². The number of rotatable bonds is 0. The van der Waals surface area contributed by atoms with Crippen LogP contribution in [-0.4, -0.2) is 36.0 Å². The molecule has 0 amide bonds. The monoisotopic (exact) mass is 138 g/mol. The average Bonchev–Trinajstić information content (AvgIpc) is 2.48. The minimum atomic E-state index is -1.00. The lowest BCUT2D eigenvalue weighted by Crippen LogP contribution is -2.33. The van der Waals surface area contributed by atoms with Crippen LogP contribution >= 0.6 is 0 Å². The van der Waals surface area contributed by atoms with Gasteiger partial charge in [-0.15, -0.1) is 5.11 Å². The molecule has 2 aliphatic rings. The molecule has 0 radical (unpaired) electrons. The van der Waals surface area contributed by atoms with Crippen LogP contribution < -0.4 is 0 Å². The van der Waals surface area contributed by atoms with Gasteiger partial charge in [0, 0.05) is 12.4 Å². The molecule has 10 heavy (non-hydrogen) atoms. The van der Waals surface area contributed by atoms with Crippen LogP contribution in [0.2, 0.25) is 0 Å². The molecule has 0 aromatic rings. The van der Waals surface area contributed by atoms with Crippen molar-refractivity contribution in [3.05, 3.63) is 0 Å². The Hall–Kier alpha value is -1.10. The van der Waals surface area contributed by atoms with E-state index in [-0.39, 0.29) is 0 Å². The molecule has 0 saturated heterocycles. The van der Waals surface area contributed by atoms with E-state index < -0.39 is 11.9 Å².